The normalized spacial score (nSPS) is 18.3. The van der Waals surface area contributed by atoms with E-state index < -0.39 is 5.60 Å². The molecule has 5 heteroatoms. The quantitative estimate of drug-likeness (QED) is 0.930. The average molecular weight is 319 g/mol. The second-order valence-corrected chi connectivity index (χ2v) is 7.02. The molecule has 1 aliphatic rings. The van der Waals surface area contributed by atoms with Gasteiger partial charge in [0.25, 0.3) is 0 Å². The van der Waals surface area contributed by atoms with E-state index in [0.29, 0.717) is 13.1 Å². The number of amides is 1. The Morgan fingerprint density at radius 2 is 1.87 bits per heavy atom. The predicted molar refractivity (Wildman–Crippen MR) is 92.2 cm³/mol. The van der Waals surface area contributed by atoms with Gasteiger partial charge in [-0.2, -0.15) is 0 Å². The molecule has 1 aromatic rings. The van der Waals surface area contributed by atoms with Crippen LogP contribution in [0.4, 0.5) is 4.79 Å². The van der Waals surface area contributed by atoms with E-state index in [4.69, 9.17) is 10.5 Å². The second-order valence-electron chi connectivity index (χ2n) is 7.02. The standard InChI is InChI=1S/C18H29N3O2/c1-18(2,3)23-17(22)21-11-7-10-20(12-13-21)16(14-19)15-8-5-4-6-9-15/h4-6,8-9,16H,7,10-14,19H2,1-3H3. The number of benzene rings is 1. The molecule has 1 atom stereocenters. The Morgan fingerprint density at radius 3 is 2.48 bits per heavy atom. The summed E-state index contributed by atoms with van der Waals surface area (Å²) in [7, 11) is 0. The van der Waals surface area contributed by atoms with Crippen molar-refractivity contribution < 1.29 is 9.53 Å². The second kappa shape index (κ2) is 7.79. The van der Waals surface area contributed by atoms with Crippen LogP contribution in [0.25, 0.3) is 0 Å². The fraction of sp³-hybridized carbons (Fsp3) is 0.611. The third kappa shape index (κ3) is 5.22. The Labute approximate surface area is 139 Å². The molecule has 1 aromatic carbocycles. The van der Waals surface area contributed by atoms with Gasteiger partial charge in [-0.1, -0.05) is 30.3 Å². The third-order valence-corrected chi connectivity index (χ3v) is 4.03. The molecule has 1 saturated heterocycles. The van der Waals surface area contributed by atoms with Crippen molar-refractivity contribution in [1.29, 1.82) is 0 Å². The Balaban J connectivity index is 1.99. The predicted octanol–water partition coefficient (Wildman–Crippen LogP) is 2.63. The van der Waals surface area contributed by atoms with Crippen LogP contribution in [-0.4, -0.2) is 54.2 Å². The van der Waals surface area contributed by atoms with E-state index in [0.717, 1.165) is 26.1 Å². The van der Waals surface area contributed by atoms with E-state index in [1.807, 2.05) is 43.9 Å². The highest BCUT2D eigenvalue weighted by atomic mass is 16.6. The molecular formula is C18H29N3O2. The van der Waals surface area contributed by atoms with Gasteiger partial charge in [-0.3, -0.25) is 4.90 Å². The summed E-state index contributed by atoms with van der Waals surface area (Å²) in [4.78, 5) is 16.4. The van der Waals surface area contributed by atoms with Gasteiger partial charge in [0, 0.05) is 38.8 Å². The van der Waals surface area contributed by atoms with Crippen LogP contribution < -0.4 is 5.73 Å². The van der Waals surface area contributed by atoms with Crippen molar-refractivity contribution in [1.82, 2.24) is 9.80 Å². The lowest BCUT2D eigenvalue weighted by Crippen LogP contribution is -2.40. The van der Waals surface area contributed by atoms with E-state index in [9.17, 15) is 4.79 Å². The van der Waals surface area contributed by atoms with Gasteiger partial charge in [0.05, 0.1) is 0 Å². The van der Waals surface area contributed by atoms with E-state index in [2.05, 4.69) is 17.0 Å². The van der Waals surface area contributed by atoms with Crippen LogP contribution in [0.15, 0.2) is 30.3 Å². The monoisotopic (exact) mass is 319 g/mol. The first-order valence-electron chi connectivity index (χ1n) is 8.37. The molecule has 2 N–H and O–H groups in total. The molecule has 128 valence electrons. The van der Waals surface area contributed by atoms with Crippen LogP contribution in [0.5, 0.6) is 0 Å². The van der Waals surface area contributed by atoms with Crippen LogP contribution in [0, 0.1) is 0 Å². The summed E-state index contributed by atoms with van der Waals surface area (Å²) >= 11 is 0. The van der Waals surface area contributed by atoms with Crippen molar-refractivity contribution in [2.45, 2.75) is 38.8 Å². The fourth-order valence-corrected chi connectivity index (χ4v) is 2.93. The van der Waals surface area contributed by atoms with Crippen LogP contribution in [0.2, 0.25) is 0 Å². The van der Waals surface area contributed by atoms with Gasteiger partial charge in [0.15, 0.2) is 0 Å². The number of nitrogens with two attached hydrogens (primary N) is 1. The summed E-state index contributed by atoms with van der Waals surface area (Å²) in [5.41, 5.74) is 6.80. The molecule has 1 unspecified atom stereocenters. The van der Waals surface area contributed by atoms with Gasteiger partial charge < -0.3 is 15.4 Å². The summed E-state index contributed by atoms with van der Waals surface area (Å²) in [6.07, 6.45) is 0.714. The maximum Gasteiger partial charge on any atom is 0.410 e. The van der Waals surface area contributed by atoms with Crippen molar-refractivity contribution in [2.24, 2.45) is 5.73 Å². The summed E-state index contributed by atoms with van der Waals surface area (Å²) < 4.78 is 5.48. The largest absolute Gasteiger partial charge is 0.444 e. The van der Waals surface area contributed by atoms with Crippen molar-refractivity contribution in [3.63, 3.8) is 0 Å². The molecule has 1 fully saturated rings. The molecule has 0 saturated carbocycles. The first-order valence-corrected chi connectivity index (χ1v) is 8.37. The molecule has 5 nitrogen and oxygen atoms in total. The Morgan fingerprint density at radius 1 is 1.17 bits per heavy atom. The smallest absolute Gasteiger partial charge is 0.410 e. The molecule has 0 bridgehead atoms. The van der Waals surface area contributed by atoms with E-state index in [-0.39, 0.29) is 12.1 Å². The Bertz CT molecular complexity index is 499. The van der Waals surface area contributed by atoms with Gasteiger partial charge in [-0.15, -0.1) is 0 Å². The van der Waals surface area contributed by atoms with E-state index >= 15 is 0 Å². The maximum atomic E-state index is 12.2. The maximum absolute atomic E-state index is 12.2. The molecule has 2 rings (SSSR count). The first-order chi connectivity index (χ1) is 10.9. The summed E-state index contributed by atoms with van der Waals surface area (Å²) in [6, 6.07) is 10.5. The van der Waals surface area contributed by atoms with Crippen molar-refractivity contribution in [2.75, 3.05) is 32.7 Å². The van der Waals surface area contributed by atoms with Crippen LogP contribution in [0.1, 0.15) is 38.8 Å². The van der Waals surface area contributed by atoms with Gasteiger partial charge in [-0.25, -0.2) is 4.79 Å². The van der Waals surface area contributed by atoms with Gasteiger partial charge in [0.1, 0.15) is 5.60 Å². The summed E-state index contributed by atoms with van der Waals surface area (Å²) in [6.45, 7) is 9.44. The molecule has 1 heterocycles. The van der Waals surface area contributed by atoms with Crippen LogP contribution in [-0.2, 0) is 4.74 Å². The fourth-order valence-electron chi connectivity index (χ4n) is 2.93. The SMILES string of the molecule is CC(C)(C)OC(=O)N1CCCN(C(CN)c2ccccc2)CC1. The lowest BCUT2D eigenvalue weighted by molar-refractivity contribution is 0.0255. The first kappa shape index (κ1) is 17.8. The molecule has 1 aliphatic heterocycles. The Kier molecular flexibility index (Phi) is 6.02. The number of carbonyl (C=O) groups is 1. The zero-order chi connectivity index (χ0) is 16.9. The number of hydrogen-bond acceptors (Lipinski definition) is 4. The van der Waals surface area contributed by atoms with Crippen LogP contribution >= 0.6 is 0 Å². The molecule has 1 amide bonds. The molecule has 0 radical (unpaired) electrons. The minimum absolute atomic E-state index is 0.204. The number of ether oxygens (including phenoxy) is 1. The van der Waals surface area contributed by atoms with E-state index in [1.54, 1.807) is 0 Å². The highest BCUT2D eigenvalue weighted by Crippen LogP contribution is 2.21. The van der Waals surface area contributed by atoms with Crippen LogP contribution in [0.3, 0.4) is 0 Å². The van der Waals surface area contributed by atoms with Crippen molar-refractivity contribution >= 4 is 6.09 Å². The van der Waals surface area contributed by atoms with Crippen molar-refractivity contribution in [3.05, 3.63) is 35.9 Å². The van der Waals surface area contributed by atoms with Gasteiger partial charge in [0.2, 0.25) is 0 Å². The average Bonchev–Trinajstić information content (AvgIpc) is 2.74. The number of carbonyl (C=O) groups excluding carboxylic acids is 1. The van der Waals surface area contributed by atoms with Crippen molar-refractivity contribution in [3.8, 4) is 0 Å². The number of nitrogens with zero attached hydrogens (tertiary/aromatic N) is 2. The minimum atomic E-state index is -0.451. The molecule has 0 aromatic heterocycles. The van der Waals surface area contributed by atoms with Gasteiger partial charge in [-0.05, 0) is 32.8 Å². The third-order valence-electron chi connectivity index (χ3n) is 4.03. The summed E-state index contributed by atoms with van der Waals surface area (Å²) in [5, 5.41) is 0. The molecule has 0 spiro atoms. The molecular weight excluding hydrogens is 290 g/mol. The van der Waals surface area contributed by atoms with Gasteiger partial charge >= 0.3 is 6.09 Å². The topological polar surface area (TPSA) is 58.8 Å². The number of rotatable bonds is 3. The highest BCUT2D eigenvalue weighted by Gasteiger charge is 2.27. The zero-order valence-corrected chi connectivity index (χ0v) is 14.5. The number of hydrogen-bond donors (Lipinski definition) is 1. The lowest BCUT2D eigenvalue weighted by atomic mass is 10.1. The highest BCUT2D eigenvalue weighted by molar-refractivity contribution is 5.68. The Hall–Kier alpha value is -1.59. The minimum Gasteiger partial charge on any atom is -0.444 e. The summed E-state index contributed by atoms with van der Waals surface area (Å²) in [5.74, 6) is 0. The zero-order valence-electron chi connectivity index (χ0n) is 14.5. The molecule has 23 heavy (non-hydrogen) atoms. The lowest BCUT2D eigenvalue weighted by Gasteiger charge is -2.30. The molecule has 0 aliphatic carbocycles. The van der Waals surface area contributed by atoms with E-state index in [1.165, 1.54) is 5.56 Å².